The maximum atomic E-state index is 13.3. The van der Waals surface area contributed by atoms with Crippen LogP contribution < -0.4 is 4.57 Å². The van der Waals surface area contributed by atoms with Crippen molar-refractivity contribution in [1.82, 2.24) is 0 Å². The van der Waals surface area contributed by atoms with E-state index in [1.165, 1.54) is 12.1 Å². The van der Waals surface area contributed by atoms with Crippen molar-refractivity contribution in [3.8, 4) is 0 Å². The number of benzene rings is 2. The molecule has 0 unspecified atom stereocenters. The molecule has 0 spiro atoms. The van der Waals surface area contributed by atoms with Gasteiger partial charge >= 0.3 is 0 Å². The molecule has 5 heteroatoms. The third-order valence-corrected chi connectivity index (χ3v) is 4.99. The average molecular weight is 392 g/mol. The fraction of sp³-hybridized carbons (Fsp3) is 0.174. The van der Waals surface area contributed by atoms with Gasteiger partial charge in [0.2, 0.25) is 11.8 Å². The van der Waals surface area contributed by atoms with E-state index in [1.54, 1.807) is 16.7 Å². The molecule has 1 aromatic heterocycles. The van der Waals surface area contributed by atoms with E-state index in [9.17, 15) is 9.18 Å². The van der Waals surface area contributed by atoms with E-state index in [0.717, 1.165) is 16.7 Å². The molecule has 2 aromatic carbocycles. The summed E-state index contributed by atoms with van der Waals surface area (Å²) in [6, 6.07) is 16.6. The summed E-state index contributed by atoms with van der Waals surface area (Å²) < 4.78 is 14.9. The van der Waals surface area contributed by atoms with E-state index < -0.39 is 6.04 Å². The molecule has 0 aliphatic heterocycles. The predicted molar refractivity (Wildman–Crippen MR) is 111 cm³/mol. The highest BCUT2D eigenvalue weighted by molar-refractivity contribution is 7.77. The first kappa shape index (κ1) is 19.8. The lowest BCUT2D eigenvalue weighted by molar-refractivity contribution is -0.691. The molecular formula is C23H21FN2OS. The van der Waals surface area contributed by atoms with Crippen molar-refractivity contribution in [3.63, 3.8) is 0 Å². The second kappa shape index (κ2) is 8.85. The average Bonchev–Trinajstić information content (AvgIpc) is 2.70. The normalized spacial score (nSPS) is 12.6. The number of nitrogens with zero attached hydrogens (tertiary/aromatic N) is 2. The van der Waals surface area contributed by atoms with Gasteiger partial charge in [-0.15, -0.1) is 0 Å². The van der Waals surface area contributed by atoms with Gasteiger partial charge in [0.1, 0.15) is 5.82 Å². The van der Waals surface area contributed by atoms with Gasteiger partial charge in [0.15, 0.2) is 12.4 Å². The number of carbonyl (C=O) groups excluding carboxylic acids is 1. The van der Waals surface area contributed by atoms with Crippen LogP contribution in [0.25, 0.3) is 0 Å². The van der Waals surface area contributed by atoms with E-state index in [2.05, 4.69) is 4.99 Å². The molecule has 0 aliphatic carbocycles. The van der Waals surface area contributed by atoms with Gasteiger partial charge in [-0.25, -0.2) is 4.39 Å². The lowest BCUT2D eigenvalue weighted by Crippen LogP contribution is -2.47. The van der Waals surface area contributed by atoms with Crippen molar-refractivity contribution in [3.05, 3.63) is 101 Å². The van der Waals surface area contributed by atoms with E-state index in [4.69, 9.17) is 12.6 Å². The van der Waals surface area contributed by atoms with Crippen LogP contribution in [0, 0.1) is 19.7 Å². The summed E-state index contributed by atoms with van der Waals surface area (Å²) in [6.07, 6.45) is 3.62. The Hall–Kier alpha value is -2.92. The monoisotopic (exact) mass is 392 g/mol. The molecule has 28 heavy (non-hydrogen) atoms. The molecular weight excluding hydrogens is 371 g/mol. The van der Waals surface area contributed by atoms with Crippen molar-refractivity contribution in [2.75, 3.05) is 0 Å². The van der Waals surface area contributed by atoms with Gasteiger partial charge in [-0.3, -0.25) is 4.79 Å². The van der Waals surface area contributed by atoms with Gasteiger partial charge in [0.25, 0.3) is 0 Å². The van der Waals surface area contributed by atoms with Gasteiger partial charge in [0.05, 0.1) is 6.54 Å². The van der Waals surface area contributed by atoms with Crippen LogP contribution in [0.15, 0.2) is 78.0 Å². The minimum atomic E-state index is -0.709. The smallest absolute Gasteiger partial charge is 0.237 e. The third-order valence-electron chi connectivity index (χ3n) is 4.64. The standard InChI is InChI=1S/C23H21FN2OS/c1-16-6-9-19(14-17(16)2)22(27)21(26-12-4-3-5-13-26)23(28)25-15-18-7-10-20(24)11-8-18/h3-14,21H,15H2,1-2H3/t21-/m1/s1. The van der Waals surface area contributed by atoms with Crippen molar-refractivity contribution in [1.29, 1.82) is 0 Å². The second-order valence-corrected chi connectivity index (χ2v) is 7.09. The highest BCUT2D eigenvalue weighted by Crippen LogP contribution is 2.16. The number of ketones is 1. The Kier molecular flexibility index (Phi) is 6.26. The molecule has 0 saturated carbocycles. The minimum absolute atomic E-state index is 0.104. The topological polar surface area (TPSA) is 33.3 Å². The van der Waals surface area contributed by atoms with Crippen molar-refractivity contribution >= 4 is 23.5 Å². The Morgan fingerprint density at radius 2 is 1.71 bits per heavy atom. The molecule has 142 valence electrons. The number of Topliss-reactive ketones (excluding diaryl/α,β-unsaturated/α-hetero) is 1. The highest BCUT2D eigenvalue weighted by Gasteiger charge is 2.28. The number of aromatic nitrogens is 1. The summed E-state index contributed by atoms with van der Waals surface area (Å²) in [5.41, 5.74) is 3.61. The van der Waals surface area contributed by atoms with Crippen LogP contribution in [-0.4, -0.2) is 10.8 Å². The number of hydrogen-bond donors (Lipinski definition) is 0. The van der Waals surface area contributed by atoms with Crippen LogP contribution in [0.5, 0.6) is 0 Å². The van der Waals surface area contributed by atoms with Crippen LogP contribution in [0.2, 0.25) is 0 Å². The van der Waals surface area contributed by atoms with Crippen LogP contribution in [0.1, 0.15) is 33.1 Å². The largest absolute Gasteiger partial charge is 0.758 e. The molecule has 1 heterocycles. The Morgan fingerprint density at radius 3 is 2.36 bits per heavy atom. The molecule has 0 aliphatic rings. The number of aryl methyl sites for hydroxylation is 2. The van der Waals surface area contributed by atoms with Crippen molar-refractivity contribution in [2.45, 2.75) is 26.4 Å². The molecule has 0 bridgehead atoms. The van der Waals surface area contributed by atoms with Gasteiger partial charge in [-0.05, 0) is 53.8 Å². The second-order valence-electron chi connectivity index (χ2n) is 6.67. The first-order chi connectivity index (χ1) is 13.5. The zero-order chi connectivity index (χ0) is 20.1. The summed E-state index contributed by atoms with van der Waals surface area (Å²) in [6.45, 7) is 4.28. The molecule has 0 fully saturated rings. The highest BCUT2D eigenvalue weighted by atomic mass is 32.1. The third kappa shape index (κ3) is 4.67. The lowest BCUT2D eigenvalue weighted by atomic mass is 9.99. The number of halogens is 1. The van der Waals surface area contributed by atoms with Crippen LogP contribution in [0.4, 0.5) is 4.39 Å². The lowest BCUT2D eigenvalue weighted by Gasteiger charge is -2.19. The maximum absolute atomic E-state index is 13.3. The summed E-state index contributed by atoms with van der Waals surface area (Å²) >= 11 is 5.53. The van der Waals surface area contributed by atoms with Crippen LogP contribution in [-0.2, 0) is 19.2 Å². The molecule has 0 radical (unpaired) electrons. The van der Waals surface area contributed by atoms with Crippen LogP contribution in [0.3, 0.4) is 0 Å². The van der Waals surface area contributed by atoms with E-state index in [-0.39, 0.29) is 11.6 Å². The van der Waals surface area contributed by atoms with E-state index >= 15 is 0 Å². The number of carbonyl (C=O) groups is 1. The number of hydrogen-bond acceptors (Lipinski definition) is 3. The first-order valence-corrected chi connectivity index (χ1v) is 9.39. The van der Waals surface area contributed by atoms with Crippen molar-refractivity contribution < 1.29 is 13.8 Å². The Labute approximate surface area is 170 Å². The number of aliphatic imine (C=N–C) groups is 1. The predicted octanol–water partition coefficient (Wildman–Crippen LogP) is 4.30. The Balaban J connectivity index is 1.94. The maximum Gasteiger partial charge on any atom is 0.237 e. The molecule has 0 saturated heterocycles. The Bertz CT molecular complexity index is 1000. The zero-order valence-electron chi connectivity index (χ0n) is 15.8. The summed E-state index contributed by atoms with van der Waals surface area (Å²) in [5.74, 6) is -0.402. The minimum Gasteiger partial charge on any atom is -0.758 e. The van der Waals surface area contributed by atoms with Crippen LogP contribution >= 0.6 is 0 Å². The number of pyridine rings is 1. The quantitative estimate of drug-likeness (QED) is 0.206. The summed E-state index contributed by atoms with van der Waals surface area (Å²) in [4.78, 5) is 17.7. The number of rotatable bonds is 6. The molecule has 0 amide bonds. The van der Waals surface area contributed by atoms with Gasteiger partial charge in [0, 0.05) is 17.7 Å². The van der Waals surface area contributed by atoms with Gasteiger partial charge in [-0.2, -0.15) is 4.57 Å². The van der Waals surface area contributed by atoms with Gasteiger partial charge in [-0.1, -0.05) is 30.3 Å². The van der Waals surface area contributed by atoms with E-state index in [1.807, 2.05) is 62.6 Å². The fourth-order valence-corrected chi connectivity index (χ4v) is 3.15. The summed E-state index contributed by atoms with van der Waals surface area (Å²) in [5, 5.41) is 0.295. The molecule has 3 nitrogen and oxygen atoms in total. The first-order valence-electron chi connectivity index (χ1n) is 8.99. The zero-order valence-corrected chi connectivity index (χ0v) is 16.6. The molecule has 3 aromatic rings. The fourth-order valence-electron chi connectivity index (χ4n) is 2.86. The van der Waals surface area contributed by atoms with E-state index in [0.29, 0.717) is 17.2 Å². The molecule has 3 rings (SSSR count). The SMILES string of the molecule is Cc1ccc(C(=O)[C@H](C([S-])=NCc2ccc(F)cc2)[n+]2ccccc2)cc1C. The molecule has 1 atom stereocenters. The van der Waals surface area contributed by atoms with Gasteiger partial charge < -0.3 is 17.6 Å². The molecule has 0 N–H and O–H groups in total. The Morgan fingerprint density at radius 1 is 1.04 bits per heavy atom. The summed E-state index contributed by atoms with van der Waals surface area (Å²) in [7, 11) is 0. The van der Waals surface area contributed by atoms with Crippen molar-refractivity contribution in [2.24, 2.45) is 4.99 Å².